The van der Waals surface area contributed by atoms with E-state index in [9.17, 15) is 0 Å². The van der Waals surface area contributed by atoms with E-state index in [0.29, 0.717) is 11.3 Å². The average Bonchev–Trinajstić information content (AvgIpc) is 2.53. The Kier molecular flexibility index (Phi) is 3.14. The van der Waals surface area contributed by atoms with Crippen molar-refractivity contribution >= 4 is 11.6 Å². The molecule has 1 aromatic rings. The molecule has 1 aliphatic carbocycles. The summed E-state index contributed by atoms with van der Waals surface area (Å²) in [6, 6.07) is 0.715. The second-order valence-electron chi connectivity index (χ2n) is 5.53. The number of aromatic nitrogens is 2. The Hall–Kier alpha value is -0.540. The normalized spacial score (nSPS) is 24.5. The summed E-state index contributed by atoms with van der Waals surface area (Å²) in [5.74, 6) is 0.762. The van der Waals surface area contributed by atoms with E-state index >= 15 is 0 Å². The molecule has 0 radical (unpaired) electrons. The predicted molar refractivity (Wildman–Crippen MR) is 69.2 cm³/mol. The highest BCUT2D eigenvalue weighted by Crippen LogP contribution is 2.27. The zero-order valence-corrected chi connectivity index (χ0v) is 11.1. The van der Waals surface area contributed by atoms with Crippen LogP contribution >= 0.6 is 11.6 Å². The fourth-order valence-electron chi connectivity index (χ4n) is 2.74. The summed E-state index contributed by atoms with van der Waals surface area (Å²) in [5.41, 5.74) is 2.54. The molecule has 1 aliphatic heterocycles. The van der Waals surface area contributed by atoms with Crippen LogP contribution in [0, 0.1) is 5.92 Å². The summed E-state index contributed by atoms with van der Waals surface area (Å²) < 4.78 is 2.19. The highest BCUT2D eigenvalue weighted by Gasteiger charge is 2.23. The molecule has 3 rings (SSSR count). The Morgan fingerprint density at radius 1 is 1.41 bits per heavy atom. The fourth-order valence-corrected chi connectivity index (χ4v) is 3.02. The van der Waals surface area contributed by atoms with Crippen LogP contribution in [0.3, 0.4) is 0 Å². The molecule has 4 heteroatoms. The minimum absolute atomic E-state index is 0.678. The van der Waals surface area contributed by atoms with Crippen LogP contribution in [0.4, 0.5) is 0 Å². The summed E-state index contributed by atoms with van der Waals surface area (Å²) in [7, 11) is 0. The number of imidazole rings is 1. The third-order valence-electron chi connectivity index (χ3n) is 4.16. The lowest BCUT2D eigenvalue weighted by Gasteiger charge is -2.27. The van der Waals surface area contributed by atoms with Crippen molar-refractivity contribution < 1.29 is 0 Å². The molecule has 1 saturated carbocycles. The number of fused-ring (bicyclic) bond motifs is 1. The molecule has 0 saturated heterocycles. The summed E-state index contributed by atoms with van der Waals surface area (Å²) in [6.07, 6.45) is 6.36. The van der Waals surface area contributed by atoms with Crippen molar-refractivity contribution in [1.82, 2.24) is 14.9 Å². The molecule has 1 atom stereocenters. The molecule has 0 bridgehead atoms. The maximum Gasteiger partial charge on any atom is 0.203 e. The molecule has 0 spiro atoms. The number of hydrogen-bond donors (Lipinski definition) is 1. The van der Waals surface area contributed by atoms with E-state index in [4.69, 9.17) is 11.6 Å². The Balaban J connectivity index is 1.74. The van der Waals surface area contributed by atoms with Gasteiger partial charge < -0.3 is 9.88 Å². The molecule has 1 aromatic heterocycles. The van der Waals surface area contributed by atoms with Crippen molar-refractivity contribution in [2.45, 2.75) is 58.2 Å². The van der Waals surface area contributed by atoms with Crippen molar-refractivity contribution in [3.8, 4) is 0 Å². The van der Waals surface area contributed by atoms with Gasteiger partial charge in [0.05, 0.1) is 5.69 Å². The van der Waals surface area contributed by atoms with Gasteiger partial charge in [-0.25, -0.2) is 4.98 Å². The van der Waals surface area contributed by atoms with Crippen LogP contribution in [0.2, 0.25) is 5.28 Å². The minimum Gasteiger partial charge on any atom is -0.319 e. The van der Waals surface area contributed by atoms with Gasteiger partial charge in [0.2, 0.25) is 5.28 Å². The van der Waals surface area contributed by atoms with E-state index in [1.807, 2.05) is 0 Å². The Morgan fingerprint density at radius 2 is 2.24 bits per heavy atom. The summed E-state index contributed by atoms with van der Waals surface area (Å²) >= 11 is 6.20. The third kappa shape index (κ3) is 2.23. The Labute approximate surface area is 108 Å². The molecule has 3 nitrogen and oxygen atoms in total. The van der Waals surface area contributed by atoms with Crippen molar-refractivity contribution in [1.29, 1.82) is 0 Å². The van der Waals surface area contributed by atoms with E-state index < -0.39 is 0 Å². The third-order valence-corrected chi connectivity index (χ3v) is 4.45. The van der Waals surface area contributed by atoms with Crippen LogP contribution in [0.5, 0.6) is 0 Å². The minimum atomic E-state index is 0.678. The molecular weight excluding hydrogens is 234 g/mol. The maximum absolute atomic E-state index is 6.20. The largest absolute Gasteiger partial charge is 0.319 e. The van der Waals surface area contributed by atoms with Gasteiger partial charge in [-0.1, -0.05) is 13.3 Å². The maximum atomic E-state index is 6.20. The molecule has 0 amide bonds. The standard InChI is InChI=1S/C13H20ClN3/c1-9-5-6-17-12(7-9)11(16-13(17)14)8-15-10-3-2-4-10/h9-10,15H,2-8H2,1H3. The first kappa shape index (κ1) is 11.5. The van der Waals surface area contributed by atoms with Gasteiger partial charge in [0, 0.05) is 24.8 Å². The second kappa shape index (κ2) is 4.62. The number of nitrogens with one attached hydrogen (secondary N) is 1. The first-order valence-electron chi connectivity index (χ1n) is 6.71. The van der Waals surface area contributed by atoms with Gasteiger partial charge in [0.1, 0.15) is 0 Å². The molecule has 1 fully saturated rings. The molecule has 1 unspecified atom stereocenters. The second-order valence-corrected chi connectivity index (χ2v) is 5.87. The van der Waals surface area contributed by atoms with E-state index in [0.717, 1.165) is 25.4 Å². The van der Waals surface area contributed by atoms with Gasteiger partial charge in [-0.3, -0.25) is 0 Å². The van der Waals surface area contributed by atoms with E-state index in [1.54, 1.807) is 0 Å². The molecular formula is C13H20ClN3. The summed E-state index contributed by atoms with van der Waals surface area (Å²) in [5, 5.41) is 4.26. The fraction of sp³-hybridized carbons (Fsp3) is 0.769. The number of rotatable bonds is 3. The Morgan fingerprint density at radius 3 is 2.94 bits per heavy atom. The van der Waals surface area contributed by atoms with Gasteiger partial charge >= 0.3 is 0 Å². The summed E-state index contributed by atoms with van der Waals surface area (Å²) in [4.78, 5) is 4.52. The van der Waals surface area contributed by atoms with Crippen molar-refractivity contribution in [2.75, 3.05) is 0 Å². The lowest BCUT2D eigenvalue weighted by molar-refractivity contribution is 0.335. The number of hydrogen-bond acceptors (Lipinski definition) is 2. The molecule has 2 aliphatic rings. The van der Waals surface area contributed by atoms with E-state index in [2.05, 4.69) is 21.8 Å². The van der Waals surface area contributed by atoms with Crippen molar-refractivity contribution in [3.05, 3.63) is 16.7 Å². The van der Waals surface area contributed by atoms with Crippen LogP contribution in [-0.2, 0) is 19.5 Å². The lowest BCUT2D eigenvalue weighted by Crippen LogP contribution is -2.35. The molecule has 94 valence electrons. The molecule has 2 heterocycles. The van der Waals surface area contributed by atoms with E-state index in [-0.39, 0.29) is 0 Å². The first-order chi connectivity index (χ1) is 8.24. The van der Waals surface area contributed by atoms with Crippen LogP contribution < -0.4 is 5.32 Å². The van der Waals surface area contributed by atoms with Gasteiger partial charge in [-0.15, -0.1) is 0 Å². The first-order valence-corrected chi connectivity index (χ1v) is 7.09. The smallest absolute Gasteiger partial charge is 0.203 e. The topological polar surface area (TPSA) is 29.9 Å². The number of nitrogens with zero attached hydrogens (tertiary/aromatic N) is 2. The summed E-state index contributed by atoms with van der Waals surface area (Å²) in [6.45, 7) is 4.23. The average molecular weight is 254 g/mol. The van der Waals surface area contributed by atoms with Crippen LogP contribution in [0.1, 0.15) is 44.0 Å². The van der Waals surface area contributed by atoms with Crippen LogP contribution in [-0.4, -0.2) is 15.6 Å². The van der Waals surface area contributed by atoms with Crippen molar-refractivity contribution in [3.63, 3.8) is 0 Å². The van der Waals surface area contributed by atoms with Gasteiger partial charge in [-0.05, 0) is 43.2 Å². The molecule has 17 heavy (non-hydrogen) atoms. The van der Waals surface area contributed by atoms with Gasteiger partial charge in [-0.2, -0.15) is 0 Å². The predicted octanol–water partition coefficient (Wildman–Crippen LogP) is 2.76. The van der Waals surface area contributed by atoms with Crippen LogP contribution in [0.15, 0.2) is 0 Å². The van der Waals surface area contributed by atoms with Crippen LogP contribution in [0.25, 0.3) is 0 Å². The zero-order valence-electron chi connectivity index (χ0n) is 10.4. The molecule has 1 N–H and O–H groups in total. The quantitative estimate of drug-likeness (QED) is 0.898. The molecule has 0 aromatic carbocycles. The lowest BCUT2D eigenvalue weighted by atomic mass is 9.93. The highest BCUT2D eigenvalue weighted by atomic mass is 35.5. The SMILES string of the molecule is CC1CCn2c(Cl)nc(CNC3CCC3)c2C1. The van der Waals surface area contributed by atoms with Gasteiger partial charge in [0.25, 0.3) is 0 Å². The zero-order chi connectivity index (χ0) is 11.8. The monoisotopic (exact) mass is 253 g/mol. The van der Waals surface area contributed by atoms with Crippen molar-refractivity contribution in [2.24, 2.45) is 5.92 Å². The number of halogens is 1. The highest BCUT2D eigenvalue weighted by molar-refractivity contribution is 6.28. The van der Waals surface area contributed by atoms with Gasteiger partial charge in [0.15, 0.2) is 0 Å². The Bertz CT molecular complexity index is 409. The van der Waals surface area contributed by atoms with E-state index in [1.165, 1.54) is 37.1 Å².